The molecule has 6 heteroatoms. The molecule has 1 atom stereocenters. The Kier molecular flexibility index (Phi) is 4.62. The third-order valence-electron chi connectivity index (χ3n) is 4.20. The van der Waals surface area contributed by atoms with Gasteiger partial charge in [-0.1, -0.05) is 0 Å². The van der Waals surface area contributed by atoms with Gasteiger partial charge in [-0.15, -0.1) is 0 Å². The van der Waals surface area contributed by atoms with Crippen LogP contribution in [-0.2, 0) is 9.59 Å². The van der Waals surface area contributed by atoms with E-state index < -0.39 is 0 Å². The molecule has 6 nitrogen and oxygen atoms in total. The Labute approximate surface area is 119 Å². The van der Waals surface area contributed by atoms with Gasteiger partial charge >= 0.3 is 6.03 Å². The quantitative estimate of drug-likeness (QED) is 0.708. The second-order valence-corrected chi connectivity index (χ2v) is 5.29. The van der Waals surface area contributed by atoms with E-state index in [0.717, 1.165) is 19.3 Å². The lowest BCUT2D eigenvalue weighted by molar-refractivity contribution is -0.132. The van der Waals surface area contributed by atoms with Crippen LogP contribution in [0.3, 0.4) is 0 Å². The zero-order valence-corrected chi connectivity index (χ0v) is 12.3. The van der Waals surface area contributed by atoms with Gasteiger partial charge in [-0.05, 0) is 33.1 Å². The van der Waals surface area contributed by atoms with Crippen LogP contribution >= 0.6 is 0 Å². The molecule has 4 amide bonds. The molecule has 2 fully saturated rings. The number of rotatable bonds is 5. The third-order valence-corrected chi connectivity index (χ3v) is 4.20. The van der Waals surface area contributed by atoms with Crippen molar-refractivity contribution in [1.82, 2.24) is 14.7 Å². The number of hydrogen-bond donors (Lipinski definition) is 0. The Bertz CT molecular complexity index is 382. The number of amides is 4. The Morgan fingerprint density at radius 2 is 1.95 bits per heavy atom. The van der Waals surface area contributed by atoms with Gasteiger partial charge in [0, 0.05) is 32.6 Å². The van der Waals surface area contributed by atoms with Crippen molar-refractivity contribution < 1.29 is 14.4 Å². The van der Waals surface area contributed by atoms with Crippen molar-refractivity contribution >= 4 is 17.8 Å². The number of fused-ring (bicyclic) bond motifs is 1. The fourth-order valence-corrected chi connectivity index (χ4v) is 2.99. The first-order valence-electron chi connectivity index (χ1n) is 7.49. The van der Waals surface area contributed by atoms with Crippen LogP contribution in [0.4, 0.5) is 4.79 Å². The van der Waals surface area contributed by atoms with E-state index in [4.69, 9.17) is 0 Å². The summed E-state index contributed by atoms with van der Waals surface area (Å²) in [5, 5.41) is 0. The zero-order valence-electron chi connectivity index (χ0n) is 12.3. The molecule has 0 aromatic carbocycles. The van der Waals surface area contributed by atoms with Crippen LogP contribution < -0.4 is 0 Å². The van der Waals surface area contributed by atoms with E-state index in [1.807, 2.05) is 13.8 Å². The lowest BCUT2D eigenvalue weighted by Crippen LogP contribution is -2.39. The molecule has 0 aromatic heterocycles. The highest BCUT2D eigenvalue weighted by atomic mass is 16.2. The van der Waals surface area contributed by atoms with E-state index in [-0.39, 0.29) is 36.9 Å². The number of imide groups is 1. The maximum atomic E-state index is 12.2. The standard InChI is InChI=1S/C14H23N3O3/c1-3-15(4-2)12(18)8-10-17-13(19)11-7-5-6-9-16(11)14(17)20/h11H,3-10H2,1-2H3/t11-/m0/s1. The Hall–Kier alpha value is -1.59. The van der Waals surface area contributed by atoms with E-state index in [1.165, 1.54) is 4.90 Å². The number of carbonyl (C=O) groups excluding carboxylic acids is 3. The molecular formula is C14H23N3O3. The van der Waals surface area contributed by atoms with Gasteiger partial charge in [-0.2, -0.15) is 0 Å². The number of carbonyl (C=O) groups is 3. The Morgan fingerprint density at radius 1 is 1.25 bits per heavy atom. The summed E-state index contributed by atoms with van der Waals surface area (Å²) in [5.41, 5.74) is 0. The maximum absolute atomic E-state index is 12.2. The zero-order chi connectivity index (χ0) is 14.7. The molecule has 0 N–H and O–H groups in total. The summed E-state index contributed by atoms with van der Waals surface area (Å²) in [5.74, 6) is -0.123. The molecule has 2 rings (SSSR count). The van der Waals surface area contributed by atoms with Crippen molar-refractivity contribution in [3.8, 4) is 0 Å². The van der Waals surface area contributed by atoms with Gasteiger partial charge in [0.1, 0.15) is 6.04 Å². The molecule has 0 aromatic rings. The van der Waals surface area contributed by atoms with Crippen molar-refractivity contribution in [2.24, 2.45) is 0 Å². The normalized spacial score (nSPS) is 22.2. The molecule has 0 saturated carbocycles. The van der Waals surface area contributed by atoms with E-state index in [0.29, 0.717) is 19.6 Å². The first-order valence-corrected chi connectivity index (χ1v) is 7.49. The minimum absolute atomic E-state index is 0.000437. The van der Waals surface area contributed by atoms with Crippen LogP contribution in [0.1, 0.15) is 39.5 Å². The molecule has 112 valence electrons. The van der Waals surface area contributed by atoms with Gasteiger partial charge in [0.15, 0.2) is 0 Å². The van der Waals surface area contributed by atoms with Crippen LogP contribution in [0.15, 0.2) is 0 Å². The summed E-state index contributed by atoms with van der Waals surface area (Å²) in [4.78, 5) is 41.0. The summed E-state index contributed by atoms with van der Waals surface area (Å²) >= 11 is 0. The Morgan fingerprint density at radius 3 is 2.55 bits per heavy atom. The van der Waals surface area contributed by atoms with Crippen LogP contribution in [-0.4, -0.2) is 64.8 Å². The lowest BCUT2D eigenvalue weighted by Gasteiger charge is -2.26. The summed E-state index contributed by atoms with van der Waals surface area (Å²) in [6.45, 7) is 6.04. The number of nitrogens with zero attached hydrogens (tertiary/aromatic N) is 3. The molecule has 2 aliphatic rings. The first kappa shape index (κ1) is 14.8. The van der Waals surface area contributed by atoms with Crippen molar-refractivity contribution in [2.45, 2.75) is 45.6 Å². The number of urea groups is 1. The SMILES string of the molecule is CCN(CC)C(=O)CCN1C(=O)[C@@H]2CCCCN2C1=O. The van der Waals surface area contributed by atoms with Gasteiger partial charge in [-0.3, -0.25) is 14.5 Å². The predicted octanol–water partition coefficient (Wildman–Crippen LogP) is 1.06. The summed E-state index contributed by atoms with van der Waals surface area (Å²) in [6, 6.07) is -0.494. The van der Waals surface area contributed by atoms with Crippen molar-refractivity contribution in [3.63, 3.8) is 0 Å². The van der Waals surface area contributed by atoms with Crippen LogP contribution in [0.25, 0.3) is 0 Å². The van der Waals surface area contributed by atoms with E-state index in [1.54, 1.807) is 9.80 Å². The van der Waals surface area contributed by atoms with E-state index >= 15 is 0 Å². The minimum Gasteiger partial charge on any atom is -0.343 e. The molecule has 0 bridgehead atoms. The fourth-order valence-electron chi connectivity index (χ4n) is 2.99. The van der Waals surface area contributed by atoms with Gasteiger partial charge in [0.2, 0.25) is 5.91 Å². The average molecular weight is 281 g/mol. The first-order chi connectivity index (χ1) is 9.60. The van der Waals surface area contributed by atoms with Crippen molar-refractivity contribution in [2.75, 3.05) is 26.2 Å². The van der Waals surface area contributed by atoms with Crippen LogP contribution in [0.5, 0.6) is 0 Å². The smallest absolute Gasteiger partial charge is 0.327 e. The summed E-state index contributed by atoms with van der Waals surface area (Å²) in [6.07, 6.45) is 2.93. The van der Waals surface area contributed by atoms with Crippen LogP contribution in [0.2, 0.25) is 0 Å². The lowest BCUT2D eigenvalue weighted by atomic mass is 10.0. The predicted molar refractivity (Wildman–Crippen MR) is 74.0 cm³/mol. The second-order valence-electron chi connectivity index (χ2n) is 5.29. The minimum atomic E-state index is -0.278. The molecule has 0 spiro atoms. The Balaban J connectivity index is 1.94. The molecule has 2 heterocycles. The molecule has 0 unspecified atom stereocenters. The van der Waals surface area contributed by atoms with Crippen molar-refractivity contribution in [1.29, 1.82) is 0 Å². The molecule has 2 aliphatic heterocycles. The number of piperidine rings is 1. The molecular weight excluding hydrogens is 258 g/mol. The second kappa shape index (κ2) is 6.24. The van der Waals surface area contributed by atoms with Gasteiger partial charge in [0.05, 0.1) is 0 Å². The third kappa shape index (κ3) is 2.64. The molecule has 0 aliphatic carbocycles. The molecule has 0 radical (unpaired) electrons. The summed E-state index contributed by atoms with van der Waals surface area (Å²) < 4.78 is 0. The van der Waals surface area contributed by atoms with Gasteiger partial charge < -0.3 is 9.80 Å². The largest absolute Gasteiger partial charge is 0.343 e. The topological polar surface area (TPSA) is 60.9 Å². The van der Waals surface area contributed by atoms with E-state index in [9.17, 15) is 14.4 Å². The highest BCUT2D eigenvalue weighted by Gasteiger charge is 2.45. The van der Waals surface area contributed by atoms with Crippen molar-refractivity contribution in [3.05, 3.63) is 0 Å². The van der Waals surface area contributed by atoms with Gasteiger partial charge in [-0.25, -0.2) is 4.79 Å². The van der Waals surface area contributed by atoms with Gasteiger partial charge in [0.25, 0.3) is 5.91 Å². The molecule has 2 saturated heterocycles. The summed E-state index contributed by atoms with van der Waals surface area (Å²) in [7, 11) is 0. The fraction of sp³-hybridized carbons (Fsp3) is 0.786. The van der Waals surface area contributed by atoms with E-state index in [2.05, 4.69) is 0 Å². The highest BCUT2D eigenvalue weighted by molar-refractivity contribution is 6.04. The highest BCUT2D eigenvalue weighted by Crippen LogP contribution is 2.26. The maximum Gasteiger partial charge on any atom is 0.327 e. The monoisotopic (exact) mass is 281 g/mol. The molecule has 20 heavy (non-hydrogen) atoms. The number of hydrogen-bond acceptors (Lipinski definition) is 3. The average Bonchev–Trinajstić information content (AvgIpc) is 2.71. The van der Waals surface area contributed by atoms with Crippen LogP contribution in [0, 0.1) is 0 Å².